The average molecular weight is 327 g/mol. The molecule has 8 heteroatoms. The van der Waals surface area contributed by atoms with Crippen LogP contribution in [-0.2, 0) is 4.79 Å². The maximum Gasteiger partial charge on any atom is 0.322 e. The number of nitrogens with one attached hydrogen (secondary N) is 1. The first kappa shape index (κ1) is 15.7. The van der Waals surface area contributed by atoms with Crippen LogP contribution in [-0.4, -0.2) is 21.9 Å². The molecule has 0 unspecified atom stereocenters. The predicted octanol–water partition coefficient (Wildman–Crippen LogP) is 3.16. The van der Waals surface area contributed by atoms with E-state index in [1.165, 1.54) is 11.8 Å². The molecule has 0 saturated carbocycles. The molecule has 0 aliphatic carbocycles. The third kappa shape index (κ3) is 4.37. The molecule has 1 amide bonds. The summed E-state index contributed by atoms with van der Waals surface area (Å²) in [5.74, 6) is 0.542. The number of aromatic nitrogens is 2. The van der Waals surface area contributed by atoms with Crippen molar-refractivity contribution in [1.29, 1.82) is 0 Å². The number of hydrogen-bond acceptors (Lipinski definition) is 6. The first-order valence-electron chi connectivity index (χ1n) is 6.27. The molecule has 0 fully saturated rings. The van der Waals surface area contributed by atoms with Crippen molar-refractivity contribution in [1.82, 2.24) is 10.2 Å². The van der Waals surface area contributed by atoms with Crippen molar-refractivity contribution in [3.05, 3.63) is 29.1 Å². The van der Waals surface area contributed by atoms with Crippen LogP contribution in [0.5, 0.6) is 0 Å². The van der Waals surface area contributed by atoms with Gasteiger partial charge in [-0.1, -0.05) is 30.5 Å². The van der Waals surface area contributed by atoms with E-state index >= 15 is 0 Å². The van der Waals surface area contributed by atoms with Crippen LogP contribution in [0.15, 0.2) is 27.5 Å². The summed E-state index contributed by atoms with van der Waals surface area (Å²) in [4.78, 5) is 12.6. The normalized spacial score (nSPS) is 10.9. The van der Waals surface area contributed by atoms with Crippen molar-refractivity contribution in [2.75, 3.05) is 16.8 Å². The molecular weight excluding hydrogens is 312 g/mol. The summed E-state index contributed by atoms with van der Waals surface area (Å²) in [7, 11) is 0. The van der Waals surface area contributed by atoms with Crippen LogP contribution in [0.3, 0.4) is 0 Å². The average Bonchev–Trinajstić information content (AvgIpc) is 2.86. The van der Waals surface area contributed by atoms with Gasteiger partial charge in [0.25, 0.3) is 0 Å². The molecule has 112 valence electrons. The fourth-order valence-corrected chi connectivity index (χ4v) is 2.52. The van der Waals surface area contributed by atoms with E-state index in [1.807, 2.05) is 13.8 Å². The highest BCUT2D eigenvalue weighted by Gasteiger charge is 2.12. The number of rotatable bonds is 5. The Morgan fingerprint density at radius 3 is 2.86 bits per heavy atom. The zero-order valence-electron chi connectivity index (χ0n) is 11.6. The largest absolute Gasteiger partial charge is 0.408 e. The summed E-state index contributed by atoms with van der Waals surface area (Å²) < 4.78 is 5.30. The van der Waals surface area contributed by atoms with Crippen molar-refractivity contribution in [3.8, 4) is 0 Å². The van der Waals surface area contributed by atoms with E-state index < -0.39 is 0 Å². The van der Waals surface area contributed by atoms with Crippen molar-refractivity contribution in [2.24, 2.45) is 0 Å². The Morgan fingerprint density at radius 2 is 2.24 bits per heavy atom. The van der Waals surface area contributed by atoms with E-state index in [1.54, 1.807) is 18.2 Å². The van der Waals surface area contributed by atoms with Crippen LogP contribution >= 0.6 is 23.4 Å². The van der Waals surface area contributed by atoms with Gasteiger partial charge in [-0.3, -0.25) is 10.1 Å². The molecule has 2 aromatic rings. The number of hydrogen-bond donors (Lipinski definition) is 2. The minimum atomic E-state index is -0.244. The molecule has 2 rings (SSSR count). The summed E-state index contributed by atoms with van der Waals surface area (Å²) in [6.45, 7) is 3.86. The maximum absolute atomic E-state index is 11.8. The Morgan fingerprint density at radius 1 is 1.48 bits per heavy atom. The number of thioether (sulfide) groups is 1. The van der Waals surface area contributed by atoms with E-state index in [4.69, 9.17) is 21.8 Å². The van der Waals surface area contributed by atoms with Crippen LogP contribution in [0.1, 0.15) is 25.7 Å². The van der Waals surface area contributed by atoms with Gasteiger partial charge in [-0.2, -0.15) is 0 Å². The van der Waals surface area contributed by atoms with Gasteiger partial charge in [0, 0.05) is 16.5 Å². The van der Waals surface area contributed by atoms with Gasteiger partial charge < -0.3 is 10.2 Å². The van der Waals surface area contributed by atoms with E-state index in [9.17, 15) is 4.79 Å². The summed E-state index contributed by atoms with van der Waals surface area (Å²) in [6, 6.07) is 5.26. The molecule has 1 aromatic heterocycles. The van der Waals surface area contributed by atoms with E-state index in [0.29, 0.717) is 16.6 Å². The number of carbonyl (C=O) groups is 1. The Bertz CT molecular complexity index is 645. The van der Waals surface area contributed by atoms with Crippen LogP contribution in [0, 0.1) is 0 Å². The molecule has 0 saturated heterocycles. The molecule has 0 aliphatic rings. The van der Waals surface area contributed by atoms with Gasteiger partial charge in [0.2, 0.25) is 11.8 Å². The number of halogens is 1. The number of anilines is 2. The Balaban J connectivity index is 1.89. The first-order chi connectivity index (χ1) is 9.95. The fraction of sp³-hybridized carbons (Fsp3) is 0.308. The topological polar surface area (TPSA) is 94.0 Å². The van der Waals surface area contributed by atoms with E-state index in [0.717, 1.165) is 4.90 Å². The standard InChI is InChI=1S/C13H15ClN4O2S/c1-7(2)12-17-18-13(20-12)16-11(19)6-21-10-4-3-8(15)5-9(10)14/h3-5,7H,6,15H2,1-2H3,(H,16,18,19). The number of nitrogens with two attached hydrogens (primary N) is 1. The number of benzene rings is 1. The molecule has 0 spiro atoms. The number of nitrogens with zero attached hydrogens (tertiary/aromatic N) is 2. The summed E-state index contributed by atoms with van der Waals surface area (Å²) >= 11 is 7.34. The molecule has 3 N–H and O–H groups in total. The lowest BCUT2D eigenvalue weighted by Gasteiger charge is -2.04. The summed E-state index contributed by atoms with van der Waals surface area (Å²) in [5, 5.41) is 10.7. The van der Waals surface area contributed by atoms with Crippen molar-refractivity contribution in [2.45, 2.75) is 24.7 Å². The highest BCUT2D eigenvalue weighted by Crippen LogP contribution is 2.28. The maximum atomic E-state index is 11.8. The molecule has 0 radical (unpaired) electrons. The van der Waals surface area contributed by atoms with Gasteiger partial charge in [0.15, 0.2) is 0 Å². The smallest absolute Gasteiger partial charge is 0.322 e. The van der Waals surface area contributed by atoms with Gasteiger partial charge in [-0.05, 0) is 18.2 Å². The fourth-order valence-electron chi connectivity index (χ4n) is 1.45. The zero-order chi connectivity index (χ0) is 15.4. The van der Waals surface area contributed by atoms with Crippen molar-refractivity contribution in [3.63, 3.8) is 0 Å². The zero-order valence-corrected chi connectivity index (χ0v) is 13.2. The third-order valence-corrected chi connectivity index (χ3v) is 3.99. The highest BCUT2D eigenvalue weighted by molar-refractivity contribution is 8.00. The second kappa shape index (κ2) is 6.82. The Labute approximate surface area is 131 Å². The van der Waals surface area contributed by atoms with Crippen LogP contribution in [0.2, 0.25) is 5.02 Å². The van der Waals surface area contributed by atoms with Crippen molar-refractivity contribution < 1.29 is 9.21 Å². The minimum Gasteiger partial charge on any atom is -0.408 e. The SMILES string of the molecule is CC(C)c1nnc(NC(=O)CSc2ccc(N)cc2Cl)o1. The monoisotopic (exact) mass is 326 g/mol. The van der Waals surface area contributed by atoms with Crippen LogP contribution < -0.4 is 11.1 Å². The van der Waals surface area contributed by atoms with Crippen LogP contribution in [0.25, 0.3) is 0 Å². The molecule has 0 atom stereocenters. The van der Waals surface area contributed by atoms with E-state index in [-0.39, 0.29) is 23.6 Å². The van der Waals surface area contributed by atoms with E-state index in [2.05, 4.69) is 15.5 Å². The highest BCUT2D eigenvalue weighted by atomic mass is 35.5. The second-order valence-corrected chi connectivity index (χ2v) is 6.05. The molecule has 6 nitrogen and oxygen atoms in total. The molecule has 0 bridgehead atoms. The van der Waals surface area contributed by atoms with Crippen molar-refractivity contribution >= 4 is 41.0 Å². The lowest BCUT2D eigenvalue weighted by atomic mass is 10.2. The quantitative estimate of drug-likeness (QED) is 0.647. The van der Waals surface area contributed by atoms with Gasteiger partial charge in [-0.15, -0.1) is 16.9 Å². The molecule has 0 aliphatic heterocycles. The predicted molar refractivity (Wildman–Crippen MR) is 83.6 cm³/mol. The minimum absolute atomic E-state index is 0.104. The first-order valence-corrected chi connectivity index (χ1v) is 7.63. The third-order valence-electron chi connectivity index (χ3n) is 2.50. The summed E-state index contributed by atoms with van der Waals surface area (Å²) in [6.07, 6.45) is 0. The molecule has 21 heavy (non-hydrogen) atoms. The van der Waals surface area contributed by atoms with Gasteiger partial charge >= 0.3 is 6.01 Å². The number of amides is 1. The second-order valence-electron chi connectivity index (χ2n) is 4.63. The molecular formula is C13H15ClN4O2S. The number of carbonyl (C=O) groups excluding carboxylic acids is 1. The molecule has 1 heterocycles. The van der Waals surface area contributed by atoms with Gasteiger partial charge in [0.05, 0.1) is 10.8 Å². The summed E-state index contributed by atoms with van der Waals surface area (Å²) in [5.41, 5.74) is 6.20. The van der Waals surface area contributed by atoms with Crippen LogP contribution in [0.4, 0.5) is 11.7 Å². The Kier molecular flexibility index (Phi) is 5.08. The lowest BCUT2D eigenvalue weighted by Crippen LogP contribution is -2.14. The lowest BCUT2D eigenvalue weighted by molar-refractivity contribution is -0.113. The molecule has 1 aromatic carbocycles. The number of nitrogen functional groups attached to an aromatic ring is 1. The van der Waals surface area contributed by atoms with Gasteiger partial charge in [0.1, 0.15) is 0 Å². The van der Waals surface area contributed by atoms with Gasteiger partial charge in [-0.25, -0.2) is 0 Å². The Hall–Kier alpha value is -1.73.